The Morgan fingerprint density at radius 3 is 2.78 bits per heavy atom. The standard InChI is InChI=1S/C12H12BrN3O2/c1-3-10-11(12(17)18)14-15-16(10)8-4-5-9(13)7(2)6-8/h4-6H,3H2,1-2H3,(H,17,18). The van der Waals surface area contributed by atoms with Gasteiger partial charge in [0, 0.05) is 4.47 Å². The van der Waals surface area contributed by atoms with E-state index in [1.165, 1.54) is 0 Å². The highest BCUT2D eigenvalue weighted by atomic mass is 79.9. The van der Waals surface area contributed by atoms with Gasteiger partial charge in [-0.2, -0.15) is 0 Å². The molecule has 0 saturated heterocycles. The van der Waals surface area contributed by atoms with Crippen molar-refractivity contribution in [3.05, 3.63) is 39.6 Å². The first-order valence-electron chi connectivity index (χ1n) is 5.49. The van der Waals surface area contributed by atoms with Crippen molar-refractivity contribution in [2.75, 3.05) is 0 Å². The van der Waals surface area contributed by atoms with Gasteiger partial charge in [0.2, 0.25) is 0 Å². The number of nitrogens with zero attached hydrogens (tertiary/aromatic N) is 3. The third-order valence-electron chi connectivity index (χ3n) is 2.69. The molecule has 1 N–H and O–H groups in total. The fourth-order valence-electron chi connectivity index (χ4n) is 1.75. The maximum absolute atomic E-state index is 11.0. The van der Waals surface area contributed by atoms with Gasteiger partial charge in [-0.25, -0.2) is 9.48 Å². The van der Waals surface area contributed by atoms with Gasteiger partial charge in [-0.1, -0.05) is 28.1 Å². The highest BCUT2D eigenvalue weighted by Crippen LogP contribution is 2.21. The van der Waals surface area contributed by atoms with E-state index in [4.69, 9.17) is 5.11 Å². The summed E-state index contributed by atoms with van der Waals surface area (Å²) in [5.41, 5.74) is 2.48. The van der Waals surface area contributed by atoms with Crippen molar-refractivity contribution < 1.29 is 9.90 Å². The van der Waals surface area contributed by atoms with Gasteiger partial charge in [-0.05, 0) is 37.1 Å². The summed E-state index contributed by atoms with van der Waals surface area (Å²) in [6.07, 6.45) is 0.559. The van der Waals surface area contributed by atoms with E-state index in [1.807, 2.05) is 32.0 Å². The van der Waals surface area contributed by atoms with E-state index in [0.29, 0.717) is 12.1 Å². The van der Waals surface area contributed by atoms with Crippen LogP contribution in [0, 0.1) is 6.92 Å². The third kappa shape index (κ3) is 2.15. The molecule has 94 valence electrons. The molecule has 0 aliphatic heterocycles. The molecule has 0 bridgehead atoms. The zero-order valence-corrected chi connectivity index (χ0v) is 11.6. The van der Waals surface area contributed by atoms with Gasteiger partial charge in [0.15, 0.2) is 5.69 Å². The SMILES string of the molecule is CCc1c(C(=O)O)nnn1-c1ccc(Br)c(C)c1. The number of aryl methyl sites for hydroxylation is 1. The molecule has 0 saturated carbocycles. The minimum atomic E-state index is -1.05. The molecule has 2 rings (SSSR count). The second-order valence-corrected chi connectivity index (χ2v) is 4.74. The summed E-state index contributed by atoms with van der Waals surface area (Å²) < 4.78 is 2.57. The summed E-state index contributed by atoms with van der Waals surface area (Å²) in [4.78, 5) is 11.0. The van der Waals surface area contributed by atoms with E-state index < -0.39 is 5.97 Å². The average molecular weight is 310 g/mol. The zero-order chi connectivity index (χ0) is 13.3. The van der Waals surface area contributed by atoms with Gasteiger partial charge in [0.05, 0.1) is 11.4 Å². The minimum absolute atomic E-state index is 0.0121. The van der Waals surface area contributed by atoms with Crippen molar-refractivity contribution in [1.82, 2.24) is 15.0 Å². The molecule has 1 heterocycles. The Morgan fingerprint density at radius 2 is 2.22 bits per heavy atom. The molecule has 0 atom stereocenters. The number of hydrogen-bond donors (Lipinski definition) is 1. The van der Waals surface area contributed by atoms with Crippen LogP contribution in [0.1, 0.15) is 28.7 Å². The molecule has 18 heavy (non-hydrogen) atoms. The topological polar surface area (TPSA) is 68.0 Å². The number of halogens is 1. The maximum Gasteiger partial charge on any atom is 0.358 e. The second kappa shape index (κ2) is 4.89. The second-order valence-electron chi connectivity index (χ2n) is 3.89. The van der Waals surface area contributed by atoms with Crippen LogP contribution in [0.2, 0.25) is 0 Å². The molecule has 5 nitrogen and oxygen atoms in total. The average Bonchev–Trinajstić information content (AvgIpc) is 2.76. The Bertz CT molecular complexity index is 607. The molecular weight excluding hydrogens is 298 g/mol. The molecule has 0 radical (unpaired) electrons. The van der Waals surface area contributed by atoms with Crippen LogP contribution in [0.15, 0.2) is 22.7 Å². The Balaban J connectivity index is 2.57. The zero-order valence-electron chi connectivity index (χ0n) is 10.0. The molecule has 0 fully saturated rings. The number of hydrogen-bond acceptors (Lipinski definition) is 3. The molecule has 6 heteroatoms. The lowest BCUT2D eigenvalue weighted by atomic mass is 10.2. The van der Waals surface area contributed by atoms with Gasteiger partial charge in [-0.15, -0.1) is 5.10 Å². The van der Waals surface area contributed by atoms with Gasteiger partial charge < -0.3 is 5.11 Å². The predicted molar refractivity (Wildman–Crippen MR) is 70.1 cm³/mol. The molecule has 1 aromatic heterocycles. The summed E-state index contributed by atoms with van der Waals surface area (Å²) in [7, 11) is 0. The van der Waals surface area contributed by atoms with Gasteiger partial charge in [-0.3, -0.25) is 0 Å². The van der Waals surface area contributed by atoms with Crippen LogP contribution in [0.4, 0.5) is 0 Å². The van der Waals surface area contributed by atoms with E-state index in [0.717, 1.165) is 15.7 Å². The first-order chi connectivity index (χ1) is 8.54. The van der Waals surface area contributed by atoms with Gasteiger partial charge in [0.25, 0.3) is 0 Å². The van der Waals surface area contributed by atoms with E-state index in [2.05, 4.69) is 26.2 Å². The molecule has 1 aromatic carbocycles. The van der Waals surface area contributed by atoms with Gasteiger partial charge >= 0.3 is 5.97 Å². The fraction of sp³-hybridized carbons (Fsp3) is 0.250. The normalized spacial score (nSPS) is 10.6. The summed E-state index contributed by atoms with van der Waals surface area (Å²) in [6, 6.07) is 5.71. The van der Waals surface area contributed by atoms with Crippen molar-refractivity contribution in [1.29, 1.82) is 0 Å². The van der Waals surface area contributed by atoms with E-state index in [1.54, 1.807) is 4.68 Å². The van der Waals surface area contributed by atoms with Crippen LogP contribution >= 0.6 is 15.9 Å². The Kier molecular flexibility index (Phi) is 3.47. The Morgan fingerprint density at radius 1 is 1.50 bits per heavy atom. The van der Waals surface area contributed by atoms with Crippen molar-refractivity contribution in [3.8, 4) is 5.69 Å². The molecular formula is C12H12BrN3O2. The van der Waals surface area contributed by atoms with Crippen molar-refractivity contribution in [3.63, 3.8) is 0 Å². The monoisotopic (exact) mass is 309 g/mol. The molecule has 0 aliphatic carbocycles. The number of benzene rings is 1. The predicted octanol–water partition coefficient (Wildman–Crippen LogP) is 2.60. The first-order valence-corrected chi connectivity index (χ1v) is 6.28. The third-order valence-corrected chi connectivity index (χ3v) is 3.58. The molecule has 0 aliphatic rings. The lowest BCUT2D eigenvalue weighted by Crippen LogP contribution is -2.06. The van der Waals surface area contributed by atoms with Crippen LogP contribution in [-0.4, -0.2) is 26.1 Å². The van der Waals surface area contributed by atoms with E-state index >= 15 is 0 Å². The Labute approximate surface area is 113 Å². The highest BCUT2D eigenvalue weighted by Gasteiger charge is 2.18. The van der Waals surface area contributed by atoms with Crippen LogP contribution in [0.25, 0.3) is 5.69 Å². The highest BCUT2D eigenvalue weighted by molar-refractivity contribution is 9.10. The first kappa shape index (κ1) is 12.8. The smallest absolute Gasteiger partial charge is 0.358 e. The lowest BCUT2D eigenvalue weighted by molar-refractivity contribution is 0.0689. The summed E-state index contributed by atoms with van der Waals surface area (Å²) in [5, 5.41) is 16.7. The molecule has 2 aromatic rings. The minimum Gasteiger partial charge on any atom is -0.476 e. The van der Waals surface area contributed by atoms with Crippen LogP contribution < -0.4 is 0 Å². The summed E-state index contributed by atoms with van der Waals surface area (Å²) >= 11 is 3.43. The summed E-state index contributed by atoms with van der Waals surface area (Å²) in [5.74, 6) is -1.05. The van der Waals surface area contributed by atoms with E-state index in [-0.39, 0.29) is 5.69 Å². The number of carbonyl (C=O) groups is 1. The number of carboxylic acid groups (broad SMARTS) is 1. The fourth-order valence-corrected chi connectivity index (χ4v) is 2.00. The number of aromatic nitrogens is 3. The number of rotatable bonds is 3. The van der Waals surface area contributed by atoms with Crippen LogP contribution in [0.5, 0.6) is 0 Å². The quantitative estimate of drug-likeness (QED) is 0.946. The lowest BCUT2D eigenvalue weighted by Gasteiger charge is -2.07. The van der Waals surface area contributed by atoms with E-state index in [9.17, 15) is 4.79 Å². The number of carboxylic acids is 1. The van der Waals surface area contributed by atoms with Gasteiger partial charge in [0.1, 0.15) is 0 Å². The molecule has 0 spiro atoms. The van der Waals surface area contributed by atoms with Crippen molar-refractivity contribution in [2.24, 2.45) is 0 Å². The van der Waals surface area contributed by atoms with Crippen molar-refractivity contribution >= 4 is 21.9 Å². The Hall–Kier alpha value is -1.69. The van der Waals surface area contributed by atoms with Crippen LogP contribution in [0.3, 0.4) is 0 Å². The molecule has 0 amide bonds. The van der Waals surface area contributed by atoms with Crippen molar-refractivity contribution in [2.45, 2.75) is 20.3 Å². The van der Waals surface area contributed by atoms with Crippen LogP contribution in [-0.2, 0) is 6.42 Å². The maximum atomic E-state index is 11.0. The molecule has 0 unspecified atom stereocenters. The summed E-state index contributed by atoms with van der Waals surface area (Å²) in [6.45, 7) is 3.85. The largest absolute Gasteiger partial charge is 0.476 e. The number of aromatic carboxylic acids is 1.